The first-order valence-corrected chi connectivity index (χ1v) is 9.26. The smallest absolute Gasteiger partial charge is 0.253 e. The average molecular weight is 357 g/mol. The van der Waals surface area contributed by atoms with Crippen LogP contribution >= 0.6 is 11.6 Å². The number of nitrogens with zero attached hydrogens (tertiary/aromatic N) is 2. The van der Waals surface area contributed by atoms with E-state index in [-0.39, 0.29) is 5.91 Å². The van der Waals surface area contributed by atoms with E-state index in [1.807, 2.05) is 29.2 Å². The standard InChI is InChI=1S/C21H25ClN2O/c1-16(18-9-11-20(22)12-10-18)23(2)15-17-5-7-19(8-6-17)21(25)24-13-3-4-14-24/h5-12,16H,3-4,13-15H2,1-2H3. The topological polar surface area (TPSA) is 23.6 Å². The van der Waals surface area contributed by atoms with Crippen LogP contribution in [0.3, 0.4) is 0 Å². The number of carbonyl (C=O) groups is 1. The number of amides is 1. The van der Waals surface area contributed by atoms with Crippen LogP contribution in [0.4, 0.5) is 0 Å². The molecule has 0 radical (unpaired) electrons. The highest BCUT2D eigenvalue weighted by Crippen LogP contribution is 2.22. The molecule has 0 spiro atoms. The van der Waals surface area contributed by atoms with Crippen molar-refractivity contribution in [2.45, 2.75) is 32.4 Å². The maximum absolute atomic E-state index is 12.4. The Morgan fingerprint density at radius 1 is 1.08 bits per heavy atom. The summed E-state index contributed by atoms with van der Waals surface area (Å²) in [7, 11) is 2.11. The molecule has 0 N–H and O–H groups in total. The van der Waals surface area contributed by atoms with Crippen molar-refractivity contribution in [1.29, 1.82) is 0 Å². The molecule has 3 rings (SSSR count). The van der Waals surface area contributed by atoms with Crippen molar-refractivity contribution >= 4 is 17.5 Å². The van der Waals surface area contributed by atoms with E-state index in [0.717, 1.165) is 43.1 Å². The summed E-state index contributed by atoms with van der Waals surface area (Å²) in [6.07, 6.45) is 2.24. The van der Waals surface area contributed by atoms with Crippen molar-refractivity contribution in [3.63, 3.8) is 0 Å². The largest absolute Gasteiger partial charge is 0.339 e. The number of halogens is 1. The van der Waals surface area contributed by atoms with Gasteiger partial charge in [-0.1, -0.05) is 35.9 Å². The molecule has 2 aromatic rings. The molecule has 1 aliphatic heterocycles. The maximum atomic E-state index is 12.4. The Bertz CT molecular complexity index is 706. The molecule has 1 atom stereocenters. The van der Waals surface area contributed by atoms with Crippen molar-refractivity contribution in [3.8, 4) is 0 Å². The van der Waals surface area contributed by atoms with Crippen LogP contribution in [-0.4, -0.2) is 35.8 Å². The lowest BCUT2D eigenvalue weighted by Gasteiger charge is -2.25. The van der Waals surface area contributed by atoms with Crippen molar-refractivity contribution in [1.82, 2.24) is 9.80 Å². The fraction of sp³-hybridized carbons (Fsp3) is 0.381. The second-order valence-electron chi connectivity index (χ2n) is 6.84. The van der Waals surface area contributed by atoms with E-state index in [9.17, 15) is 4.79 Å². The lowest BCUT2D eigenvalue weighted by atomic mass is 10.1. The highest BCUT2D eigenvalue weighted by atomic mass is 35.5. The molecule has 2 aromatic carbocycles. The fourth-order valence-corrected chi connectivity index (χ4v) is 3.40. The van der Waals surface area contributed by atoms with Crippen LogP contribution in [0.15, 0.2) is 48.5 Å². The molecular weight excluding hydrogens is 332 g/mol. The van der Waals surface area contributed by atoms with E-state index in [1.165, 1.54) is 11.1 Å². The molecule has 1 aliphatic rings. The number of rotatable bonds is 5. The van der Waals surface area contributed by atoms with Gasteiger partial charge in [-0.25, -0.2) is 0 Å². The van der Waals surface area contributed by atoms with Crippen molar-refractivity contribution < 1.29 is 4.79 Å². The first-order chi connectivity index (χ1) is 12.0. The summed E-state index contributed by atoms with van der Waals surface area (Å²) in [5.74, 6) is 0.159. The number of likely N-dealkylation sites (tertiary alicyclic amines) is 1. The summed E-state index contributed by atoms with van der Waals surface area (Å²) in [5.41, 5.74) is 3.24. The molecule has 4 heteroatoms. The molecule has 1 saturated heterocycles. The van der Waals surface area contributed by atoms with E-state index in [1.54, 1.807) is 0 Å². The van der Waals surface area contributed by atoms with Gasteiger partial charge in [0, 0.05) is 36.3 Å². The van der Waals surface area contributed by atoms with Gasteiger partial charge in [0.2, 0.25) is 0 Å². The van der Waals surface area contributed by atoms with E-state index >= 15 is 0 Å². The summed E-state index contributed by atoms with van der Waals surface area (Å²) in [5, 5.41) is 0.761. The summed E-state index contributed by atoms with van der Waals surface area (Å²) < 4.78 is 0. The predicted molar refractivity (Wildman–Crippen MR) is 103 cm³/mol. The van der Waals surface area contributed by atoms with Crippen LogP contribution in [0, 0.1) is 0 Å². The average Bonchev–Trinajstić information content (AvgIpc) is 3.16. The van der Waals surface area contributed by atoms with Gasteiger partial charge in [-0.15, -0.1) is 0 Å². The first kappa shape index (κ1) is 18.0. The van der Waals surface area contributed by atoms with Crippen LogP contribution in [0.2, 0.25) is 5.02 Å². The Labute approximate surface area is 155 Å². The normalized spacial score (nSPS) is 15.6. The van der Waals surface area contributed by atoms with Gasteiger partial charge in [0.25, 0.3) is 5.91 Å². The van der Waals surface area contributed by atoms with Crippen molar-refractivity contribution in [2.75, 3.05) is 20.1 Å². The molecular formula is C21H25ClN2O. The van der Waals surface area contributed by atoms with Gasteiger partial charge in [-0.3, -0.25) is 9.69 Å². The molecule has 1 unspecified atom stereocenters. The highest BCUT2D eigenvalue weighted by molar-refractivity contribution is 6.30. The molecule has 1 heterocycles. The maximum Gasteiger partial charge on any atom is 0.253 e. The van der Waals surface area contributed by atoms with Gasteiger partial charge in [0.15, 0.2) is 0 Å². The zero-order valence-corrected chi connectivity index (χ0v) is 15.7. The summed E-state index contributed by atoms with van der Waals surface area (Å²) >= 11 is 5.97. The molecule has 3 nitrogen and oxygen atoms in total. The zero-order chi connectivity index (χ0) is 17.8. The van der Waals surface area contributed by atoms with Crippen LogP contribution in [0.25, 0.3) is 0 Å². The van der Waals surface area contributed by atoms with Crippen LogP contribution in [0.5, 0.6) is 0 Å². The molecule has 25 heavy (non-hydrogen) atoms. The first-order valence-electron chi connectivity index (χ1n) is 8.88. The van der Waals surface area contributed by atoms with Gasteiger partial charge < -0.3 is 4.90 Å². The van der Waals surface area contributed by atoms with E-state index in [2.05, 4.69) is 43.1 Å². The minimum Gasteiger partial charge on any atom is -0.339 e. The third kappa shape index (κ3) is 4.42. The Hall–Kier alpha value is -1.84. The SMILES string of the molecule is CC(c1ccc(Cl)cc1)N(C)Cc1ccc(C(=O)N2CCCC2)cc1. The quantitative estimate of drug-likeness (QED) is 0.770. The number of benzene rings is 2. The van der Waals surface area contributed by atoms with Crippen molar-refractivity contribution in [3.05, 3.63) is 70.2 Å². The van der Waals surface area contributed by atoms with E-state index in [4.69, 9.17) is 11.6 Å². The van der Waals surface area contributed by atoms with Gasteiger partial charge in [0.05, 0.1) is 0 Å². The predicted octanol–water partition coefficient (Wildman–Crippen LogP) is 4.77. The van der Waals surface area contributed by atoms with E-state index < -0.39 is 0 Å². The summed E-state index contributed by atoms with van der Waals surface area (Å²) in [6.45, 7) is 4.81. The van der Waals surface area contributed by atoms with Crippen LogP contribution in [-0.2, 0) is 6.54 Å². The van der Waals surface area contributed by atoms with Gasteiger partial charge in [0.1, 0.15) is 0 Å². The second kappa shape index (κ2) is 8.03. The van der Waals surface area contributed by atoms with Crippen LogP contribution < -0.4 is 0 Å². The Kier molecular flexibility index (Phi) is 5.77. The zero-order valence-electron chi connectivity index (χ0n) is 14.9. The minimum atomic E-state index is 0.159. The molecule has 0 aliphatic carbocycles. The van der Waals surface area contributed by atoms with E-state index in [0.29, 0.717) is 6.04 Å². The van der Waals surface area contributed by atoms with Gasteiger partial charge in [-0.2, -0.15) is 0 Å². The highest BCUT2D eigenvalue weighted by Gasteiger charge is 2.19. The Balaban J connectivity index is 1.62. The molecule has 1 amide bonds. The lowest BCUT2D eigenvalue weighted by Crippen LogP contribution is -2.27. The molecule has 0 bridgehead atoms. The molecule has 1 fully saturated rings. The van der Waals surface area contributed by atoms with Crippen molar-refractivity contribution in [2.24, 2.45) is 0 Å². The minimum absolute atomic E-state index is 0.159. The van der Waals surface area contributed by atoms with Crippen LogP contribution in [0.1, 0.15) is 47.3 Å². The summed E-state index contributed by atoms with van der Waals surface area (Å²) in [4.78, 5) is 16.6. The second-order valence-corrected chi connectivity index (χ2v) is 7.28. The fourth-order valence-electron chi connectivity index (χ4n) is 3.28. The lowest BCUT2D eigenvalue weighted by molar-refractivity contribution is 0.0793. The number of hydrogen-bond acceptors (Lipinski definition) is 2. The molecule has 0 aromatic heterocycles. The number of hydrogen-bond donors (Lipinski definition) is 0. The molecule has 132 valence electrons. The Morgan fingerprint density at radius 3 is 2.28 bits per heavy atom. The van der Waals surface area contributed by atoms with Gasteiger partial charge in [-0.05, 0) is 62.2 Å². The Morgan fingerprint density at radius 2 is 1.68 bits per heavy atom. The van der Waals surface area contributed by atoms with Gasteiger partial charge >= 0.3 is 0 Å². The monoisotopic (exact) mass is 356 g/mol. The number of carbonyl (C=O) groups excluding carboxylic acids is 1. The third-order valence-corrected chi connectivity index (χ3v) is 5.29. The third-order valence-electron chi connectivity index (χ3n) is 5.04. The summed E-state index contributed by atoms with van der Waals surface area (Å²) in [6, 6.07) is 16.3. The molecule has 0 saturated carbocycles.